The highest BCUT2D eigenvalue weighted by atomic mass is 32.2. The number of unbranched alkanes of at least 4 members (excludes halogenated alkanes) is 2. The number of carbonyl (C=O) groups is 2. The number of fused-ring (bicyclic) bond motifs is 2. The molecule has 362 valence electrons. The minimum Gasteiger partial charge on any atom is -0.444 e. The van der Waals surface area contributed by atoms with E-state index in [-0.39, 0.29) is 17.2 Å². The molecule has 2 aromatic rings. The van der Waals surface area contributed by atoms with Crippen molar-refractivity contribution in [1.29, 1.82) is 5.26 Å². The van der Waals surface area contributed by atoms with Gasteiger partial charge in [0, 0.05) is 49.3 Å². The fourth-order valence-corrected chi connectivity index (χ4v) is 8.89. The average molecular weight is 919 g/mol. The van der Waals surface area contributed by atoms with Crippen LogP contribution in [-0.2, 0) is 27.5 Å². The lowest BCUT2D eigenvalue weighted by Crippen LogP contribution is -2.43. The van der Waals surface area contributed by atoms with Gasteiger partial charge in [0.1, 0.15) is 35.2 Å². The molecule has 0 saturated carbocycles. The van der Waals surface area contributed by atoms with E-state index in [2.05, 4.69) is 76.1 Å². The van der Waals surface area contributed by atoms with E-state index in [4.69, 9.17) is 14.5 Å². The van der Waals surface area contributed by atoms with E-state index >= 15 is 4.39 Å². The molecular formula is C53H83FN6O4S. The summed E-state index contributed by atoms with van der Waals surface area (Å²) in [7, 11) is 1.84. The Hall–Kier alpha value is -4.34. The third-order valence-electron chi connectivity index (χ3n) is 11.1. The molecule has 2 atom stereocenters. The molecular weight excluding hydrogens is 836 g/mol. The monoisotopic (exact) mass is 919 g/mol. The van der Waals surface area contributed by atoms with Crippen LogP contribution < -0.4 is 10.6 Å². The second-order valence-corrected chi connectivity index (χ2v) is 18.6. The number of nitrogens with one attached hydrogen (secondary N) is 2. The molecule has 0 aliphatic carbocycles. The van der Waals surface area contributed by atoms with E-state index < -0.39 is 23.6 Å². The smallest absolute Gasteiger partial charge is 0.411 e. The molecule has 6 rings (SSSR count). The number of likely N-dealkylation sites (tertiary alicyclic amines) is 2. The lowest BCUT2D eigenvalue weighted by Gasteiger charge is -2.30. The molecule has 0 aromatic heterocycles. The maximum Gasteiger partial charge on any atom is 0.411 e. The topological polar surface area (TPSA) is 119 Å². The van der Waals surface area contributed by atoms with Gasteiger partial charge >= 0.3 is 6.09 Å². The molecule has 2 amide bonds. The van der Waals surface area contributed by atoms with E-state index in [1.54, 1.807) is 31.7 Å². The van der Waals surface area contributed by atoms with Gasteiger partial charge in [-0.1, -0.05) is 101 Å². The second kappa shape index (κ2) is 28.0. The summed E-state index contributed by atoms with van der Waals surface area (Å²) in [6, 6.07) is 4.95. The summed E-state index contributed by atoms with van der Waals surface area (Å²) in [5.74, 6) is 2.01. The number of amides is 2. The number of aliphatic imine (C=N–C) groups is 1. The van der Waals surface area contributed by atoms with Crippen molar-refractivity contribution in [2.75, 3.05) is 32.4 Å². The molecule has 2 unspecified atom stereocenters. The number of hydrogen-bond acceptors (Lipinski definition) is 8. The number of carbonyl (C=O) groups excluding carboxylic acids is 2. The Bertz CT molecular complexity index is 2030. The van der Waals surface area contributed by atoms with Gasteiger partial charge in [-0.2, -0.15) is 5.26 Å². The van der Waals surface area contributed by atoms with E-state index in [0.29, 0.717) is 59.7 Å². The lowest BCUT2D eigenvalue weighted by molar-refractivity contribution is -0.133. The molecule has 4 heterocycles. The van der Waals surface area contributed by atoms with Crippen molar-refractivity contribution >= 4 is 35.2 Å². The first-order valence-corrected chi connectivity index (χ1v) is 25.4. The van der Waals surface area contributed by atoms with Gasteiger partial charge in [0.15, 0.2) is 0 Å². The van der Waals surface area contributed by atoms with Crippen molar-refractivity contribution in [1.82, 2.24) is 20.4 Å². The summed E-state index contributed by atoms with van der Waals surface area (Å²) in [5, 5.41) is 17.1. The first-order valence-electron chi connectivity index (χ1n) is 24.4. The van der Waals surface area contributed by atoms with E-state index in [1.165, 1.54) is 37.1 Å². The molecule has 0 bridgehead atoms. The van der Waals surface area contributed by atoms with Crippen LogP contribution in [0.15, 0.2) is 39.6 Å². The van der Waals surface area contributed by atoms with Crippen LogP contribution in [0.2, 0.25) is 0 Å². The first-order chi connectivity index (χ1) is 31.0. The van der Waals surface area contributed by atoms with Gasteiger partial charge < -0.3 is 24.6 Å². The molecule has 10 nitrogen and oxygen atoms in total. The predicted octanol–water partition coefficient (Wildman–Crippen LogP) is 13.2. The van der Waals surface area contributed by atoms with Crippen molar-refractivity contribution in [3.63, 3.8) is 0 Å². The second-order valence-electron chi connectivity index (χ2n) is 17.6. The standard InChI is InChI=1S/C42H53FN6O4S.C4H10.C3H8.2C2H6/c1-9-10-13-34(49-18-16-24(2)20-49)47-39(45-32-12-11-17-48(8)40(32)50)36-26(4)25(3)35(29-21-52-22-30(29)36)27-14-15-31(43)38-37(27)28(19-44)33(23-54-38)46-41(51)53-42(5,6)7;1-3-4-2;1-3-2;2*1-2/h13-15,24,32H,9-12,16-18,20-23H2,1-8H3,(H,45,47)(H,46,51);3-4H2,1-2H3;3H2,1-2H3;2*1-2H3/b34-13-;;;;. The third-order valence-corrected chi connectivity index (χ3v) is 12.2. The fourth-order valence-electron chi connectivity index (χ4n) is 7.82. The number of thioether (sulfide) groups is 1. The minimum atomic E-state index is -0.734. The van der Waals surface area contributed by atoms with Crippen LogP contribution in [0.5, 0.6) is 0 Å². The third kappa shape index (κ3) is 15.1. The van der Waals surface area contributed by atoms with Gasteiger partial charge in [0.05, 0.1) is 23.7 Å². The van der Waals surface area contributed by atoms with Gasteiger partial charge in [-0.3, -0.25) is 15.1 Å². The molecule has 65 heavy (non-hydrogen) atoms. The van der Waals surface area contributed by atoms with Crippen LogP contribution in [-0.4, -0.2) is 71.7 Å². The van der Waals surface area contributed by atoms with Crippen LogP contribution in [0.25, 0.3) is 16.7 Å². The normalized spacial score (nSPS) is 18.0. The number of amidine groups is 1. The summed E-state index contributed by atoms with van der Waals surface area (Å²) >= 11 is 1.25. The highest BCUT2D eigenvalue weighted by Gasteiger charge is 2.35. The highest BCUT2D eigenvalue weighted by Crippen LogP contribution is 2.47. The molecule has 4 aliphatic rings. The first kappa shape index (κ1) is 56.8. The zero-order valence-corrected chi connectivity index (χ0v) is 43.8. The Labute approximate surface area is 397 Å². The number of rotatable bonds is 9. The van der Waals surface area contributed by atoms with Gasteiger partial charge in [-0.25, -0.2) is 9.18 Å². The molecule has 2 N–H and O–H groups in total. The lowest BCUT2D eigenvalue weighted by atomic mass is 9.82. The number of piperidine rings is 1. The number of halogens is 1. The maximum atomic E-state index is 15.6. The zero-order valence-electron chi connectivity index (χ0n) is 43.0. The summed E-state index contributed by atoms with van der Waals surface area (Å²) in [6.45, 7) is 33.7. The number of benzene rings is 2. The summed E-state index contributed by atoms with van der Waals surface area (Å²) in [6.07, 6.45) is 10.0. The van der Waals surface area contributed by atoms with Crippen molar-refractivity contribution < 1.29 is 23.5 Å². The summed E-state index contributed by atoms with van der Waals surface area (Å²) in [5.41, 5.74) is 6.54. The average Bonchev–Trinajstić information content (AvgIpc) is 3.95. The molecule has 0 radical (unpaired) electrons. The Morgan fingerprint density at radius 3 is 2.22 bits per heavy atom. The highest BCUT2D eigenvalue weighted by molar-refractivity contribution is 7.99. The van der Waals surface area contributed by atoms with E-state index in [9.17, 15) is 14.9 Å². The van der Waals surface area contributed by atoms with E-state index in [1.807, 2.05) is 41.7 Å². The Morgan fingerprint density at radius 2 is 1.65 bits per heavy atom. The number of nitrogens with zero attached hydrogens (tertiary/aromatic N) is 4. The number of nitriles is 1. The number of ether oxygens (including phenoxy) is 2. The van der Waals surface area contributed by atoms with Gasteiger partial charge in [0.2, 0.25) is 5.91 Å². The Morgan fingerprint density at radius 1 is 1.00 bits per heavy atom. The molecule has 4 aliphatic heterocycles. The molecule has 0 spiro atoms. The Kier molecular flexibility index (Phi) is 24.4. The maximum absolute atomic E-state index is 15.6. The van der Waals surface area contributed by atoms with Crippen molar-refractivity contribution in [3.8, 4) is 17.2 Å². The molecule has 2 saturated heterocycles. The number of alkyl carbamates (subject to hydrolysis) is 1. The summed E-state index contributed by atoms with van der Waals surface area (Å²) in [4.78, 5) is 36.1. The van der Waals surface area contributed by atoms with Crippen molar-refractivity contribution in [2.45, 2.75) is 185 Å². The summed E-state index contributed by atoms with van der Waals surface area (Å²) < 4.78 is 27.3. The van der Waals surface area contributed by atoms with Crippen LogP contribution in [0.3, 0.4) is 0 Å². The molecule has 2 fully saturated rings. The van der Waals surface area contributed by atoms with Crippen LogP contribution >= 0.6 is 11.8 Å². The van der Waals surface area contributed by atoms with Crippen molar-refractivity contribution in [2.24, 2.45) is 10.9 Å². The zero-order chi connectivity index (χ0) is 49.0. The van der Waals surface area contributed by atoms with Crippen LogP contribution in [0.1, 0.15) is 175 Å². The fraction of sp³-hybridized carbons (Fsp3) is 0.623. The number of hydrogen-bond donors (Lipinski definition) is 2. The largest absolute Gasteiger partial charge is 0.444 e. The minimum absolute atomic E-state index is 0.00961. The Balaban J connectivity index is 0.00000120. The number of likely N-dealkylation sites (N-methyl/N-ethyl adjacent to an activating group) is 1. The molecule has 12 heteroatoms. The van der Waals surface area contributed by atoms with Gasteiger partial charge in [-0.05, 0) is 112 Å². The number of allylic oxidation sites excluding steroid dienone is 2. The SMILES string of the molecule is CC.CC.CCC.CCC/C=C(/NC(=NC1CCCN(C)C1=O)c1c(C)c(C)c(-c2ccc(F)c3c2C(C#N)=C(NC(=O)OC(C)(C)C)CS3)c2c1COC2)N1CCC(C)C1.CCCC. The predicted molar refractivity (Wildman–Crippen MR) is 270 cm³/mol. The molecule has 2 aromatic carbocycles. The quantitative estimate of drug-likeness (QED) is 0.189. The van der Waals surface area contributed by atoms with E-state index in [0.717, 1.165) is 78.0 Å². The van der Waals surface area contributed by atoms with Gasteiger partial charge in [-0.15, -0.1) is 11.8 Å². The van der Waals surface area contributed by atoms with Gasteiger partial charge in [0.25, 0.3) is 0 Å². The van der Waals surface area contributed by atoms with Crippen LogP contribution in [0, 0.1) is 36.9 Å². The van der Waals surface area contributed by atoms with Crippen LogP contribution in [0.4, 0.5) is 9.18 Å². The van der Waals surface area contributed by atoms with Crippen molar-refractivity contribution in [3.05, 3.63) is 68.9 Å².